The van der Waals surface area contributed by atoms with E-state index >= 15 is 0 Å². The Kier molecular flexibility index (Phi) is 4.72. The van der Waals surface area contributed by atoms with Gasteiger partial charge in [-0.2, -0.15) is 0 Å². The normalized spacial score (nSPS) is 52.5. The topological polar surface area (TPSA) is 73.2 Å². The molecule has 0 radical (unpaired) electrons. The predicted molar refractivity (Wildman–Crippen MR) is 123 cm³/mol. The second-order valence-electron chi connectivity index (χ2n) is 11.7. The number of hydrogen-bond donors (Lipinski definition) is 3. The summed E-state index contributed by atoms with van der Waals surface area (Å²) in [7, 11) is 0. The van der Waals surface area contributed by atoms with Crippen LogP contribution in [0.4, 0.5) is 0 Å². The molecule has 9 unspecified atom stereocenters. The van der Waals surface area contributed by atoms with Gasteiger partial charge in [0.05, 0.1) is 0 Å². The van der Waals surface area contributed by atoms with Crippen molar-refractivity contribution < 1.29 is 33.8 Å². The van der Waals surface area contributed by atoms with Crippen molar-refractivity contribution in [3.05, 3.63) is 0 Å². The average molecular weight is 569 g/mol. The van der Waals surface area contributed by atoms with E-state index in [0.29, 0.717) is 35.9 Å². The van der Waals surface area contributed by atoms with Crippen LogP contribution in [0.15, 0.2) is 15.0 Å². The Morgan fingerprint density at radius 3 is 1.16 bits per heavy atom. The second kappa shape index (κ2) is 6.88. The Bertz CT molecular complexity index is 784. The third-order valence-electron chi connectivity index (χ3n) is 8.32. The third-order valence-corrected chi connectivity index (χ3v) is 18.1. The number of aliphatic imine (C=N–C) groups is 3. The summed E-state index contributed by atoms with van der Waals surface area (Å²) in [5, 5.41) is 12.2. The molecule has 0 bridgehead atoms. The number of fused-ring (bicyclic) bond motifs is 3. The van der Waals surface area contributed by atoms with Crippen molar-refractivity contribution in [3.8, 4) is 0 Å². The molecule has 0 aromatic carbocycles. The van der Waals surface area contributed by atoms with Crippen molar-refractivity contribution in [2.45, 2.75) is 102 Å². The van der Waals surface area contributed by atoms with Crippen LogP contribution in [0.2, 0.25) is 0 Å². The molecule has 0 aromatic rings. The fourth-order valence-electron chi connectivity index (χ4n) is 7.66. The van der Waals surface area contributed by atoms with Gasteiger partial charge in [-0.3, -0.25) is 0 Å². The molecule has 0 amide bonds. The molecule has 0 aromatic heterocycles. The van der Waals surface area contributed by atoms with Crippen LogP contribution >= 0.6 is 0 Å². The molecule has 3 N–H and O–H groups in total. The molecule has 0 saturated carbocycles. The third kappa shape index (κ3) is 3.26. The summed E-state index contributed by atoms with van der Waals surface area (Å²) in [5.74, 6) is 5.82. The van der Waals surface area contributed by atoms with Crippen LogP contribution in [0.25, 0.3) is 0 Å². The molecule has 6 rings (SSSR count). The predicted octanol–water partition coefficient (Wildman–Crippen LogP) is 3.16. The zero-order chi connectivity index (χ0) is 21.8. The number of nitrogens with zero attached hydrogens (tertiary/aromatic N) is 3. The Hall–Kier alpha value is -0.265. The Morgan fingerprint density at radius 1 is 0.613 bits per heavy atom. The number of hydrogen-bond acceptors (Lipinski definition) is 6. The van der Waals surface area contributed by atoms with Crippen LogP contribution in [-0.2, 0) is 0 Å². The molecule has 0 aliphatic carbocycles. The number of amidine groups is 3. The van der Waals surface area contributed by atoms with E-state index in [9.17, 15) is 0 Å². The van der Waals surface area contributed by atoms with Gasteiger partial charge in [0, 0.05) is 0 Å². The molecule has 6 aliphatic rings. The first-order valence-electron chi connectivity index (χ1n) is 12.3. The van der Waals surface area contributed by atoms with Crippen molar-refractivity contribution in [1.29, 1.82) is 0 Å². The maximum absolute atomic E-state index is 5.01. The van der Waals surface area contributed by atoms with Gasteiger partial charge in [0.2, 0.25) is 0 Å². The standard InChI is InChI=1S/3C8H13N2.Gd/c3*1-5-3-7-4-6(2)10-8(7)9-5;/h3*5,7H,3-4H2,1-2H3,(H,9,10);. The summed E-state index contributed by atoms with van der Waals surface area (Å²) < 4.78 is 0.536. The second-order valence-corrected chi connectivity index (χ2v) is 20.9. The molecule has 6 nitrogen and oxygen atoms in total. The Morgan fingerprint density at radius 2 is 0.903 bits per heavy atom. The van der Waals surface area contributed by atoms with Gasteiger partial charge in [0.25, 0.3) is 0 Å². The molecule has 7 heteroatoms. The zero-order valence-electron chi connectivity index (χ0n) is 19.9. The molecule has 173 valence electrons. The first-order chi connectivity index (χ1) is 14.6. The summed E-state index contributed by atoms with van der Waals surface area (Å²) >= 11 is -2.06. The summed E-state index contributed by atoms with van der Waals surface area (Å²) in [5.41, 5.74) is 0. The summed E-state index contributed by atoms with van der Waals surface area (Å²) in [4.78, 5) is 15.0. The fraction of sp³-hybridized carbons (Fsp3) is 0.875. The molecular formula is C24H39GdN6. The molecule has 3 saturated heterocycles. The SMILES string of the molecule is CC1CC2C[C](C)([Gd]([C]3(C)CC4CC(C)N=C4N3)[C]3(C)CC4CC(C)N=C4N3)NC2=N1. The monoisotopic (exact) mass is 569 g/mol. The van der Waals surface area contributed by atoms with Gasteiger partial charge >= 0.3 is 202 Å². The van der Waals surface area contributed by atoms with Gasteiger partial charge in [-0.15, -0.1) is 0 Å². The van der Waals surface area contributed by atoms with Crippen LogP contribution in [0.1, 0.15) is 80.1 Å². The van der Waals surface area contributed by atoms with Crippen LogP contribution in [0, 0.1) is 51.6 Å². The first-order valence-corrected chi connectivity index (χ1v) is 15.7. The van der Waals surface area contributed by atoms with Gasteiger partial charge in [0.15, 0.2) is 0 Å². The fourth-order valence-corrected chi connectivity index (χ4v) is 20.7. The van der Waals surface area contributed by atoms with Gasteiger partial charge in [-0.25, -0.2) is 0 Å². The quantitative estimate of drug-likeness (QED) is 0.490. The Labute approximate surface area is 200 Å². The molecule has 6 aliphatic heterocycles. The van der Waals surface area contributed by atoms with Gasteiger partial charge in [0.1, 0.15) is 0 Å². The molecular weight excluding hydrogens is 530 g/mol. The molecule has 0 spiro atoms. The van der Waals surface area contributed by atoms with E-state index in [1.807, 2.05) is 0 Å². The van der Waals surface area contributed by atoms with Crippen molar-refractivity contribution in [3.63, 3.8) is 0 Å². The van der Waals surface area contributed by atoms with Crippen molar-refractivity contribution >= 4 is 17.5 Å². The summed E-state index contributed by atoms with van der Waals surface area (Å²) in [6.45, 7) is 14.5. The van der Waals surface area contributed by atoms with Crippen LogP contribution in [-0.4, -0.2) is 39.6 Å². The minimum atomic E-state index is -2.06. The van der Waals surface area contributed by atoms with E-state index in [1.54, 1.807) is 0 Å². The van der Waals surface area contributed by atoms with E-state index < -0.39 is 33.8 Å². The van der Waals surface area contributed by atoms with Crippen LogP contribution in [0.3, 0.4) is 0 Å². The van der Waals surface area contributed by atoms with E-state index in [-0.39, 0.29) is 3.96 Å². The Balaban J connectivity index is 1.39. The van der Waals surface area contributed by atoms with E-state index in [4.69, 9.17) is 15.0 Å². The van der Waals surface area contributed by atoms with Crippen molar-refractivity contribution in [2.24, 2.45) is 32.7 Å². The minimum absolute atomic E-state index is 0.179. The number of rotatable bonds is 3. The van der Waals surface area contributed by atoms with Gasteiger partial charge in [-0.1, -0.05) is 0 Å². The van der Waals surface area contributed by atoms with Crippen LogP contribution in [0.5, 0.6) is 0 Å². The average Bonchev–Trinajstić information content (AvgIpc) is 3.38. The van der Waals surface area contributed by atoms with Gasteiger partial charge in [-0.05, 0) is 0 Å². The van der Waals surface area contributed by atoms with Crippen molar-refractivity contribution in [2.75, 3.05) is 0 Å². The molecule has 9 atom stereocenters. The van der Waals surface area contributed by atoms with Crippen LogP contribution < -0.4 is 16.0 Å². The first kappa shape index (κ1) is 21.3. The van der Waals surface area contributed by atoms with E-state index in [1.165, 1.54) is 56.0 Å². The molecule has 3 fully saturated rings. The maximum atomic E-state index is 5.01. The summed E-state index contributed by atoms with van der Waals surface area (Å²) in [6.07, 6.45) is 7.43. The van der Waals surface area contributed by atoms with Crippen molar-refractivity contribution in [1.82, 2.24) is 16.0 Å². The molecule has 31 heavy (non-hydrogen) atoms. The summed E-state index contributed by atoms with van der Waals surface area (Å²) in [6, 6.07) is 1.44. The van der Waals surface area contributed by atoms with E-state index in [0.717, 1.165) is 0 Å². The van der Waals surface area contributed by atoms with Gasteiger partial charge < -0.3 is 0 Å². The number of nitrogens with one attached hydrogen (secondary N) is 3. The van der Waals surface area contributed by atoms with E-state index in [2.05, 4.69) is 57.5 Å². The molecule has 6 heterocycles. The zero-order valence-corrected chi connectivity index (χ0v) is 22.2.